The van der Waals surface area contributed by atoms with Gasteiger partial charge in [-0.15, -0.1) is 0 Å². The molecule has 2 aromatic rings. The van der Waals surface area contributed by atoms with Crippen molar-refractivity contribution in [3.05, 3.63) is 36.2 Å². The molecule has 3 rings (SSSR count). The molecule has 1 unspecified atom stereocenters. The summed E-state index contributed by atoms with van der Waals surface area (Å²) in [7, 11) is -3.70. The van der Waals surface area contributed by atoms with Crippen LogP contribution in [0.4, 0.5) is 4.39 Å². The zero-order valence-corrected chi connectivity index (χ0v) is 15.0. The van der Waals surface area contributed by atoms with Gasteiger partial charge in [-0.3, -0.25) is 0 Å². The van der Waals surface area contributed by atoms with Crippen LogP contribution < -0.4 is 4.74 Å². The van der Waals surface area contributed by atoms with Crippen LogP contribution in [-0.2, 0) is 16.6 Å². The van der Waals surface area contributed by atoms with Gasteiger partial charge in [-0.05, 0) is 38.8 Å². The standard InChI is InChI=1S/C16H21FN4O3S/c1-3-20-11-15(19-12(20)2)25(22,23)21-9-5-6-13(10-21)24-16-14(17)7-4-8-18-16/h4,7-8,11,13H,3,5-6,9-10H2,1-2H3. The van der Waals surface area contributed by atoms with Crippen LogP contribution in [-0.4, -0.2) is 46.5 Å². The van der Waals surface area contributed by atoms with Crippen LogP contribution >= 0.6 is 0 Å². The van der Waals surface area contributed by atoms with E-state index in [1.807, 2.05) is 6.92 Å². The summed E-state index contributed by atoms with van der Waals surface area (Å²) in [6.07, 6.45) is 3.82. The maximum absolute atomic E-state index is 13.7. The van der Waals surface area contributed by atoms with Crippen molar-refractivity contribution in [2.45, 2.75) is 44.4 Å². The Hall–Kier alpha value is -2.00. The normalized spacial score (nSPS) is 19.1. The second kappa shape index (κ2) is 7.09. The molecule has 1 atom stereocenters. The summed E-state index contributed by atoms with van der Waals surface area (Å²) in [6, 6.07) is 2.74. The number of sulfonamides is 1. The molecule has 0 amide bonds. The van der Waals surface area contributed by atoms with Crippen molar-refractivity contribution in [3.8, 4) is 5.88 Å². The summed E-state index contributed by atoms with van der Waals surface area (Å²) in [5.41, 5.74) is 0. The molecule has 0 N–H and O–H groups in total. The van der Waals surface area contributed by atoms with Gasteiger partial charge >= 0.3 is 0 Å². The van der Waals surface area contributed by atoms with Crippen molar-refractivity contribution in [1.82, 2.24) is 18.8 Å². The summed E-state index contributed by atoms with van der Waals surface area (Å²) in [5, 5.41) is 0.0384. The number of piperidine rings is 1. The molecule has 0 radical (unpaired) electrons. The first kappa shape index (κ1) is 17.8. The van der Waals surface area contributed by atoms with Crippen molar-refractivity contribution >= 4 is 10.0 Å². The number of rotatable bonds is 5. The molecule has 2 aromatic heterocycles. The lowest BCUT2D eigenvalue weighted by Gasteiger charge is -2.31. The highest BCUT2D eigenvalue weighted by atomic mass is 32.2. The van der Waals surface area contributed by atoms with Gasteiger partial charge in [0.05, 0.1) is 6.54 Å². The zero-order valence-electron chi connectivity index (χ0n) is 14.2. The minimum atomic E-state index is -3.70. The highest BCUT2D eigenvalue weighted by molar-refractivity contribution is 7.89. The lowest BCUT2D eigenvalue weighted by molar-refractivity contribution is 0.119. The van der Waals surface area contributed by atoms with Crippen molar-refractivity contribution in [1.29, 1.82) is 0 Å². The Kier molecular flexibility index (Phi) is 5.05. The Morgan fingerprint density at radius 1 is 1.44 bits per heavy atom. The first-order valence-corrected chi connectivity index (χ1v) is 9.67. The Balaban J connectivity index is 1.77. The molecule has 1 aliphatic heterocycles. The summed E-state index contributed by atoms with van der Waals surface area (Å²) < 4.78 is 48.1. The smallest absolute Gasteiger partial charge is 0.262 e. The number of hydrogen-bond donors (Lipinski definition) is 0. The van der Waals surface area contributed by atoms with Gasteiger partial charge in [0.2, 0.25) is 0 Å². The van der Waals surface area contributed by atoms with Crippen molar-refractivity contribution < 1.29 is 17.5 Å². The summed E-state index contributed by atoms with van der Waals surface area (Å²) >= 11 is 0. The Bertz CT molecular complexity index is 853. The van der Waals surface area contributed by atoms with Crippen LogP contribution in [0.25, 0.3) is 0 Å². The molecule has 0 bridgehead atoms. The van der Waals surface area contributed by atoms with Crippen molar-refractivity contribution in [2.24, 2.45) is 0 Å². The average molecular weight is 368 g/mol. The summed E-state index contributed by atoms with van der Waals surface area (Å²) in [4.78, 5) is 8.03. The predicted octanol–water partition coefficient (Wildman–Crippen LogP) is 1.98. The largest absolute Gasteiger partial charge is 0.471 e. The van der Waals surface area contributed by atoms with Crippen LogP contribution in [0.15, 0.2) is 29.6 Å². The van der Waals surface area contributed by atoms with E-state index >= 15 is 0 Å². The van der Waals surface area contributed by atoms with Gasteiger partial charge in [0.15, 0.2) is 10.8 Å². The Morgan fingerprint density at radius 2 is 2.24 bits per heavy atom. The van der Waals surface area contributed by atoms with Gasteiger partial charge in [0.1, 0.15) is 11.9 Å². The minimum absolute atomic E-state index is 0.0384. The van der Waals surface area contributed by atoms with Crippen LogP contribution in [0.2, 0.25) is 0 Å². The molecule has 1 aliphatic rings. The van der Waals surface area contributed by atoms with E-state index in [-0.39, 0.29) is 17.5 Å². The van der Waals surface area contributed by atoms with E-state index in [0.717, 1.165) is 0 Å². The third-order valence-electron chi connectivity index (χ3n) is 4.24. The molecule has 3 heterocycles. The van der Waals surface area contributed by atoms with Crippen LogP contribution in [0, 0.1) is 12.7 Å². The molecule has 136 valence electrons. The van der Waals surface area contributed by atoms with E-state index in [4.69, 9.17) is 4.74 Å². The summed E-state index contributed by atoms with van der Waals surface area (Å²) in [6.45, 7) is 4.89. The number of aryl methyl sites for hydroxylation is 2. The third kappa shape index (κ3) is 3.67. The van der Waals surface area contributed by atoms with Gasteiger partial charge in [0.25, 0.3) is 15.9 Å². The zero-order chi connectivity index (χ0) is 18.0. The fourth-order valence-electron chi connectivity index (χ4n) is 2.89. The monoisotopic (exact) mass is 368 g/mol. The number of aromatic nitrogens is 3. The van der Waals surface area contributed by atoms with Gasteiger partial charge in [-0.25, -0.2) is 22.8 Å². The van der Waals surface area contributed by atoms with E-state index in [1.165, 1.54) is 22.6 Å². The molecular weight excluding hydrogens is 347 g/mol. The maximum Gasteiger partial charge on any atom is 0.262 e. The fraction of sp³-hybridized carbons (Fsp3) is 0.500. The van der Waals surface area contributed by atoms with Crippen LogP contribution in [0.3, 0.4) is 0 Å². The average Bonchev–Trinajstić information content (AvgIpc) is 2.99. The topological polar surface area (TPSA) is 77.3 Å². The predicted molar refractivity (Wildman–Crippen MR) is 89.2 cm³/mol. The Morgan fingerprint density at radius 3 is 2.92 bits per heavy atom. The van der Waals surface area contributed by atoms with Gasteiger partial charge < -0.3 is 9.30 Å². The molecular formula is C16H21FN4O3S. The molecule has 0 aliphatic carbocycles. The Labute approximate surface area is 146 Å². The first-order chi connectivity index (χ1) is 11.9. The second-order valence-corrected chi connectivity index (χ2v) is 7.83. The fourth-order valence-corrected chi connectivity index (χ4v) is 4.40. The van der Waals surface area contributed by atoms with E-state index < -0.39 is 21.9 Å². The molecule has 1 fully saturated rings. The van der Waals surface area contributed by atoms with E-state index in [0.29, 0.717) is 31.8 Å². The van der Waals surface area contributed by atoms with Crippen molar-refractivity contribution in [3.63, 3.8) is 0 Å². The lowest BCUT2D eigenvalue weighted by atomic mass is 10.1. The number of ether oxygens (including phenoxy) is 1. The molecule has 7 nitrogen and oxygen atoms in total. The van der Waals surface area contributed by atoms with Crippen LogP contribution in [0.5, 0.6) is 5.88 Å². The highest BCUT2D eigenvalue weighted by Crippen LogP contribution is 2.23. The van der Waals surface area contributed by atoms with Gasteiger partial charge in [0, 0.05) is 25.5 Å². The number of pyridine rings is 1. The summed E-state index contributed by atoms with van der Waals surface area (Å²) in [5.74, 6) is -0.000844. The molecule has 0 spiro atoms. The number of hydrogen-bond acceptors (Lipinski definition) is 5. The van der Waals surface area contributed by atoms with Gasteiger partial charge in [-0.2, -0.15) is 4.31 Å². The van der Waals surface area contributed by atoms with Gasteiger partial charge in [-0.1, -0.05) is 0 Å². The van der Waals surface area contributed by atoms with E-state index in [2.05, 4.69) is 9.97 Å². The number of halogens is 1. The molecule has 25 heavy (non-hydrogen) atoms. The molecule has 9 heteroatoms. The SMILES string of the molecule is CCn1cc(S(=O)(=O)N2CCCC(Oc3ncccc3F)C2)nc1C. The molecule has 0 saturated carbocycles. The third-order valence-corrected chi connectivity index (χ3v) is 5.98. The second-order valence-electron chi connectivity index (χ2n) is 5.95. The highest BCUT2D eigenvalue weighted by Gasteiger charge is 2.33. The lowest BCUT2D eigenvalue weighted by Crippen LogP contribution is -2.44. The van der Waals surface area contributed by atoms with Crippen molar-refractivity contribution in [2.75, 3.05) is 13.1 Å². The number of imidazole rings is 1. The molecule has 1 saturated heterocycles. The number of nitrogens with zero attached hydrogens (tertiary/aromatic N) is 4. The van der Waals surface area contributed by atoms with E-state index in [9.17, 15) is 12.8 Å². The quantitative estimate of drug-likeness (QED) is 0.806. The first-order valence-electron chi connectivity index (χ1n) is 8.23. The molecule has 0 aromatic carbocycles. The van der Waals surface area contributed by atoms with Crippen LogP contribution in [0.1, 0.15) is 25.6 Å². The maximum atomic E-state index is 13.7. The van der Waals surface area contributed by atoms with E-state index in [1.54, 1.807) is 17.7 Å². The minimum Gasteiger partial charge on any atom is -0.471 e.